The summed E-state index contributed by atoms with van der Waals surface area (Å²) in [7, 11) is 0. The van der Waals surface area contributed by atoms with Crippen LogP contribution >= 0.6 is 11.6 Å². The fourth-order valence-electron chi connectivity index (χ4n) is 1.09. The normalized spacial score (nSPS) is 11.2. The van der Waals surface area contributed by atoms with E-state index < -0.39 is 5.91 Å². The molecule has 0 saturated carbocycles. The number of benzene rings is 1. The molecular formula is C11H10ClNO2. The average molecular weight is 224 g/mol. The zero-order valence-corrected chi connectivity index (χ0v) is 8.91. The molecular weight excluding hydrogens is 214 g/mol. The van der Waals surface area contributed by atoms with Crippen LogP contribution in [-0.2, 0) is 9.59 Å². The Balaban J connectivity index is 3.19. The molecule has 78 valence electrons. The molecule has 0 bridgehead atoms. The number of halogens is 1. The first-order valence-electron chi connectivity index (χ1n) is 4.29. The zero-order chi connectivity index (χ0) is 11.4. The molecule has 0 radical (unpaired) electrons. The first-order chi connectivity index (χ1) is 7.02. The number of hydrogen-bond donors (Lipinski definition) is 1. The number of rotatable bonds is 3. The number of carbonyl (C=O) groups excluding carboxylic acids is 2. The number of hydrogen-bond acceptors (Lipinski definition) is 2. The maximum absolute atomic E-state index is 11.1. The van der Waals surface area contributed by atoms with Crippen LogP contribution in [0.2, 0.25) is 5.02 Å². The zero-order valence-electron chi connectivity index (χ0n) is 8.16. The highest BCUT2D eigenvalue weighted by Gasteiger charge is 2.10. The molecule has 0 atom stereocenters. The molecule has 3 nitrogen and oxygen atoms in total. The first kappa shape index (κ1) is 11.5. The molecule has 1 aromatic carbocycles. The predicted octanol–water partition coefficient (Wildman–Crippen LogP) is 1.80. The van der Waals surface area contributed by atoms with E-state index in [4.69, 9.17) is 17.3 Å². The molecule has 2 N–H and O–H groups in total. The molecule has 15 heavy (non-hydrogen) atoms. The molecule has 0 aliphatic heterocycles. The van der Waals surface area contributed by atoms with Crippen molar-refractivity contribution >= 4 is 29.4 Å². The van der Waals surface area contributed by atoms with Gasteiger partial charge in [-0.25, -0.2) is 0 Å². The molecule has 0 aliphatic carbocycles. The quantitative estimate of drug-likeness (QED) is 0.483. The first-order valence-corrected chi connectivity index (χ1v) is 4.67. The van der Waals surface area contributed by atoms with E-state index in [9.17, 15) is 9.59 Å². The minimum Gasteiger partial charge on any atom is -0.365 e. The highest BCUT2D eigenvalue weighted by atomic mass is 35.5. The van der Waals surface area contributed by atoms with Gasteiger partial charge in [-0.05, 0) is 24.6 Å². The number of ketones is 1. The van der Waals surface area contributed by atoms with Crippen LogP contribution in [0.1, 0.15) is 12.5 Å². The Labute approximate surface area is 92.5 Å². The Morgan fingerprint density at radius 2 is 1.93 bits per heavy atom. The predicted molar refractivity (Wildman–Crippen MR) is 59.3 cm³/mol. The average Bonchev–Trinajstić information content (AvgIpc) is 2.15. The van der Waals surface area contributed by atoms with Crippen LogP contribution in [0, 0.1) is 0 Å². The lowest BCUT2D eigenvalue weighted by Crippen LogP contribution is -2.18. The summed E-state index contributed by atoms with van der Waals surface area (Å²) < 4.78 is 0. The van der Waals surface area contributed by atoms with Crippen LogP contribution in [-0.4, -0.2) is 11.7 Å². The second kappa shape index (κ2) is 4.75. The summed E-state index contributed by atoms with van der Waals surface area (Å²) in [4.78, 5) is 22.0. The van der Waals surface area contributed by atoms with Crippen molar-refractivity contribution in [1.29, 1.82) is 0 Å². The molecule has 0 heterocycles. The molecule has 0 saturated heterocycles. The highest BCUT2D eigenvalue weighted by Crippen LogP contribution is 2.18. The molecule has 0 spiro atoms. The molecule has 1 aromatic rings. The van der Waals surface area contributed by atoms with E-state index in [1.165, 1.54) is 13.0 Å². The van der Waals surface area contributed by atoms with Crippen LogP contribution in [0.25, 0.3) is 6.08 Å². The third-order valence-electron chi connectivity index (χ3n) is 1.85. The van der Waals surface area contributed by atoms with E-state index in [2.05, 4.69) is 0 Å². The third kappa shape index (κ3) is 2.92. The van der Waals surface area contributed by atoms with Gasteiger partial charge < -0.3 is 5.73 Å². The molecule has 1 rings (SSSR count). The lowest BCUT2D eigenvalue weighted by Gasteiger charge is -2.00. The minimum absolute atomic E-state index is 0.0527. The second-order valence-corrected chi connectivity index (χ2v) is 3.41. The van der Waals surface area contributed by atoms with E-state index in [-0.39, 0.29) is 11.4 Å². The lowest BCUT2D eigenvalue weighted by atomic mass is 10.1. The van der Waals surface area contributed by atoms with Crippen molar-refractivity contribution in [2.75, 3.05) is 0 Å². The van der Waals surface area contributed by atoms with Crippen molar-refractivity contribution in [2.45, 2.75) is 6.92 Å². The highest BCUT2D eigenvalue weighted by molar-refractivity contribution is 6.32. The summed E-state index contributed by atoms with van der Waals surface area (Å²) >= 11 is 5.87. The Kier molecular flexibility index (Phi) is 3.63. The summed E-state index contributed by atoms with van der Waals surface area (Å²) in [6.45, 7) is 1.29. The standard InChI is InChI=1S/C11H10ClNO2/c1-7(14)9(11(13)15)6-8-4-2-3-5-10(8)12/h2-6H,1H3,(H2,13,15). The van der Waals surface area contributed by atoms with Crippen molar-refractivity contribution in [3.8, 4) is 0 Å². The molecule has 0 aromatic heterocycles. The fraction of sp³-hybridized carbons (Fsp3) is 0.0909. The van der Waals surface area contributed by atoms with Crippen LogP contribution in [0.3, 0.4) is 0 Å². The van der Waals surface area contributed by atoms with Gasteiger partial charge >= 0.3 is 0 Å². The number of nitrogens with two attached hydrogens (primary N) is 1. The molecule has 0 unspecified atom stereocenters. The number of primary amides is 1. The van der Waals surface area contributed by atoms with E-state index >= 15 is 0 Å². The van der Waals surface area contributed by atoms with Crippen LogP contribution in [0.4, 0.5) is 0 Å². The van der Waals surface area contributed by atoms with Gasteiger partial charge in [0.05, 0.1) is 5.57 Å². The molecule has 4 heteroatoms. The number of carbonyl (C=O) groups is 2. The Morgan fingerprint density at radius 1 is 1.33 bits per heavy atom. The maximum atomic E-state index is 11.1. The summed E-state index contributed by atoms with van der Waals surface area (Å²) in [5.41, 5.74) is 5.61. The van der Waals surface area contributed by atoms with Crippen molar-refractivity contribution in [3.63, 3.8) is 0 Å². The van der Waals surface area contributed by atoms with Crippen LogP contribution < -0.4 is 5.73 Å². The van der Waals surface area contributed by atoms with Gasteiger partial charge in [0.15, 0.2) is 5.78 Å². The maximum Gasteiger partial charge on any atom is 0.252 e. The Morgan fingerprint density at radius 3 is 2.40 bits per heavy atom. The van der Waals surface area contributed by atoms with Gasteiger partial charge in [-0.15, -0.1) is 0 Å². The summed E-state index contributed by atoms with van der Waals surface area (Å²) in [6, 6.07) is 6.90. The van der Waals surface area contributed by atoms with Crippen molar-refractivity contribution < 1.29 is 9.59 Å². The molecule has 1 amide bonds. The van der Waals surface area contributed by atoms with E-state index in [0.717, 1.165) is 0 Å². The summed E-state index contributed by atoms with van der Waals surface area (Å²) in [6.07, 6.45) is 1.40. The van der Waals surface area contributed by atoms with Crippen molar-refractivity contribution in [2.24, 2.45) is 5.73 Å². The van der Waals surface area contributed by atoms with Gasteiger partial charge in [-0.2, -0.15) is 0 Å². The molecule has 0 fully saturated rings. The monoisotopic (exact) mass is 223 g/mol. The van der Waals surface area contributed by atoms with Gasteiger partial charge in [-0.1, -0.05) is 29.8 Å². The van der Waals surface area contributed by atoms with E-state index in [1.807, 2.05) is 0 Å². The molecule has 0 aliphatic rings. The SMILES string of the molecule is CC(=O)C(=Cc1ccccc1Cl)C(N)=O. The van der Waals surface area contributed by atoms with E-state index in [0.29, 0.717) is 10.6 Å². The Hall–Kier alpha value is -1.61. The van der Waals surface area contributed by atoms with Gasteiger partial charge in [0.25, 0.3) is 5.91 Å². The second-order valence-electron chi connectivity index (χ2n) is 3.00. The van der Waals surface area contributed by atoms with Crippen molar-refractivity contribution in [1.82, 2.24) is 0 Å². The largest absolute Gasteiger partial charge is 0.365 e. The van der Waals surface area contributed by atoms with Gasteiger partial charge in [0.2, 0.25) is 0 Å². The van der Waals surface area contributed by atoms with Crippen molar-refractivity contribution in [3.05, 3.63) is 40.4 Å². The number of Topliss-reactive ketones (excluding diaryl/α,β-unsaturated/α-hetero) is 1. The topological polar surface area (TPSA) is 60.2 Å². The Bertz CT molecular complexity index is 422. The van der Waals surface area contributed by atoms with Crippen LogP contribution in [0.15, 0.2) is 29.8 Å². The lowest BCUT2D eigenvalue weighted by molar-refractivity contribution is -0.119. The number of amides is 1. The summed E-state index contributed by atoms with van der Waals surface area (Å²) in [5, 5.41) is 0.470. The minimum atomic E-state index is -0.748. The van der Waals surface area contributed by atoms with Gasteiger partial charge in [0, 0.05) is 5.02 Å². The van der Waals surface area contributed by atoms with Crippen LogP contribution in [0.5, 0.6) is 0 Å². The third-order valence-corrected chi connectivity index (χ3v) is 2.19. The van der Waals surface area contributed by atoms with E-state index in [1.54, 1.807) is 24.3 Å². The van der Waals surface area contributed by atoms with Gasteiger partial charge in [0.1, 0.15) is 0 Å². The fourth-order valence-corrected chi connectivity index (χ4v) is 1.28. The van der Waals surface area contributed by atoms with Gasteiger partial charge in [-0.3, -0.25) is 9.59 Å². The smallest absolute Gasteiger partial charge is 0.252 e. The summed E-state index contributed by atoms with van der Waals surface area (Å²) in [5.74, 6) is -1.12.